The van der Waals surface area contributed by atoms with Crippen LogP contribution in [0, 0.1) is 0 Å². The average molecular weight is 234 g/mol. The van der Waals surface area contributed by atoms with Crippen molar-refractivity contribution >= 4 is 11.4 Å². The van der Waals surface area contributed by atoms with E-state index in [2.05, 4.69) is 18.2 Å². The fourth-order valence-corrected chi connectivity index (χ4v) is 2.44. The molecule has 0 amide bonds. The first kappa shape index (κ1) is 11.0. The highest BCUT2D eigenvalue weighted by atomic mass is 16.1. The largest absolute Gasteiger partial charge is 0.289 e. The second kappa shape index (κ2) is 4.61. The fraction of sp³-hybridized carbons (Fsp3) is 0.118. The van der Waals surface area contributed by atoms with Crippen LogP contribution in [0.25, 0.3) is 5.57 Å². The monoisotopic (exact) mass is 234 g/mol. The molecule has 0 N–H and O–H groups in total. The van der Waals surface area contributed by atoms with E-state index >= 15 is 0 Å². The summed E-state index contributed by atoms with van der Waals surface area (Å²) in [6.45, 7) is 0. The zero-order valence-electron chi connectivity index (χ0n) is 10.1. The van der Waals surface area contributed by atoms with Gasteiger partial charge in [-0.1, -0.05) is 54.6 Å². The first-order valence-electron chi connectivity index (χ1n) is 6.23. The summed E-state index contributed by atoms with van der Waals surface area (Å²) in [5, 5.41) is 0. The van der Waals surface area contributed by atoms with E-state index in [0.717, 1.165) is 35.1 Å². The van der Waals surface area contributed by atoms with Gasteiger partial charge >= 0.3 is 0 Å². The predicted molar refractivity (Wildman–Crippen MR) is 73.5 cm³/mol. The highest BCUT2D eigenvalue weighted by Gasteiger charge is 2.15. The molecular weight excluding hydrogens is 220 g/mol. The van der Waals surface area contributed by atoms with Gasteiger partial charge in [0.1, 0.15) is 0 Å². The lowest BCUT2D eigenvalue weighted by Gasteiger charge is -2.04. The molecule has 0 saturated heterocycles. The molecular formula is C17H14O. The Morgan fingerprint density at radius 1 is 0.778 bits per heavy atom. The molecule has 1 nitrogen and oxygen atoms in total. The van der Waals surface area contributed by atoms with Gasteiger partial charge in [-0.15, -0.1) is 0 Å². The third kappa shape index (κ3) is 2.00. The van der Waals surface area contributed by atoms with E-state index in [0.29, 0.717) is 0 Å². The first-order chi connectivity index (χ1) is 8.84. The third-order valence-electron chi connectivity index (χ3n) is 3.40. The Morgan fingerprint density at radius 3 is 2.33 bits per heavy atom. The van der Waals surface area contributed by atoms with Gasteiger partial charge in [-0.05, 0) is 35.6 Å². The normalized spacial score (nSPS) is 14.7. The second-order valence-electron chi connectivity index (χ2n) is 4.56. The zero-order valence-corrected chi connectivity index (χ0v) is 10.1. The van der Waals surface area contributed by atoms with Crippen LogP contribution < -0.4 is 0 Å². The lowest BCUT2D eigenvalue weighted by atomic mass is 10.00. The van der Waals surface area contributed by atoms with Crippen LogP contribution in [0.2, 0.25) is 0 Å². The standard InChI is InChI=1S/C17H14O/c18-17-12-15(13-6-2-1-3-7-13)11-10-14-8-4-5-9-16(14)17/h1-9,12H,10-11H2. The van der Waals surface area contributed by atoms with Crippen molar-refractivity contribution in [2.24, 2.45) is 0 Å². The molecule has 1 heteroatoms. The Kier molecular flexibility index (Phi) is 2.81. The van der Waals surface area contributed by atoms with Crippen LogP contribution in [0.1, 0.15) is 27.9 Å². The summed E-state index contributed by atoms with van der Waals surface area (Å²) in [6.07, 6.45) is 3.65. The summed E-state index contributed by atoms with van der Waals surface area (Å²) in [6, 6.07) is 18.0. The van der Waals surface area contributed by atoms with Crippen LogP contribution >= 0.6 is 0 Å². The summed E-state index contributed by atoms with van der Waals surface area (Å²) in [7, 11) is 0. The van der Waals surface area contributed by atoms with Gasteiger partial charge in [0.2, 0.25) is 0 Å². The van der Waals surface area contributed by atoms with Crippen molar-refractivity contribution in [1.29, 1.82) is 0 Å². The topological polar surface area (TPSA) is 17.1 Å². The maximum absolute atomic E-state index is 12.2. The minimum atomic E-state index is 0.127. The molecule has 88 valence electrons. The van der Waals surface area contributed by atoms with Gasteiger partial charge in [-0.2, -0.15) is 0 Å². The average Bonchev–Trinajstić information content (AvgIpc) is 2.60. The van der Waals surface area contributed by atoms with Crippen molar-refractivity contribution in [3.63, 3.8) is 0 Å². The van der Waals surface area contributed by atoms with E-state index in [-0.39, 0.29) is 5.78 Å². The molecule has 0 unspecified atom stereocenters. The minimum absolute atomic E-state index is 0.127. The lowest BCUT2D eigenvalue weighted by Crippen LogP contribution is -1.97. The van der Waals surface area contributed by atoms with E-state index in [1.807, 2.05) is 36.4 Å². The van der Waals surface area contributed by atoms with Gasteiger partial charge in [0, 0.05) is 5.56 Å². The number of carbonyl (C=O) groups is 1. The van der Waals surface area contributed by atoms with Crippen LogP contribution in [0.4, 0.5) is 0 Å². The lowest BCUT2D eigenvalue weighted by molar-refractivity contribution is 0.104. The second-order valence-corrected chi connectivity index (χ2v) is 4.56. The first-order valence-corrected chi connectivity index (χ1v) is 6.23. The van der Waals surface area contributed by atoms with Gasteiger partial charge in [0.25, 0.3) is 0 Å². The molecule has 0 spiro atoms. The van der Waals surface area contributed by atoms with E-state index in [4.69, 9.17) is 0 Å². The summed E-state index contributed by atoms with van der Waals surface area (Å²) >= 11 is 0. The van der Waals surface area contributed by atoms with E-state index < -0.39 is 0 Å². The molecule has 1 aliphatic carbocycles. The molecule has 0 bridgehead atoms. The Balaban J connectivity index is 2.02. The number of hydrogen-bond donors (Lipinski definition) is 0. The maximum atomic E-state index is 12.2. The van der Waals surface area contributed by atoms with Gasteiger partial charge < -0.3 is 0 Å². The molecule has 2 aromatic rings. The highest BCUT2D eigenvalue weighted by Crippen LogP contribution is 2.26. The van der Waals surface area contributed by atoms with Crippen molar-refractivity contribution in [1.82, 2.24) is 0 Å². The number of benzene rings is 2. The number of ketones is 1. The fourth-order valence-electron chi connectivity index (χ4n) is 2.44. The Morgan fingerprint density at radius 2 is 1.50 bits per heavy atom. The van der Waals surface area contributed by atoms with E-state index in [1.54, 1.807) is 6.08 Å². The third-order valence-corrected chi connectivity index (χ3v) is 3.40. The molecule has 0 saturated carbocycles. The quantitative estimate of drug-likeness (QED) is 0.731. The van der Waals surface area contributed by atoms with Crippen molar-refractivity contribution in [2.75, 3.05) is 0 Å². The zero-order chi connectivity index (χ0) is 12.4. The number of fused-ring (bicyclic) bond motifs is 1. The number of allylic oxidation sites excluding steroid dienone is 2. The molecule has 0 heterocycles. The van der Waals surface area contributed by atoms with Crippen LogP contribution in [-0.4, -0.2) is 5.78 Å². The van der Waals surface area contributed by atoms with Gasteiger partial charge in [0.05, 0.1) is 0 Å². The van der Waals surface area contributed by atoms with E-state index in [1.165, 1.54) is 0 Å². The minimum Gasteiger partial charge on any atom is -0.289 e. The molecule has 0 aromatic heterocycles. The molecule has 0 fully saturated rings. The smallest absolute Gasteiger partial charge is 0.186 e. The van der Waals surface area contributed by atoms with Gasteiger partial charge in [0.15, 0.2) is 5.78 Å². The molecule has 1 aliphatic rings. The Labute approximate surface area is 107 Å². The summed E-state index contributed by atoms with van der Waals surface area (Å²) in [5.74, 6) is 0.127. The highest BCUT2D eigenvalue weighted by molar-refractivity contribution is 6.10. The van der Waals surface area contributed by atoms with Crippen molar-refractivity contribution in [2.45, 2.75) is 12.8 Å². The SMILES string of the molecule is O=C1C=C(c2ccccc2)CCc2ccccc21. The number of carbonyl (C=O) groups excluding carboxylic acids is 1. The predicted octanol–water partition coefficient (Wildman–Crippen LogP) is 3.90. The molecule has 0 radical (unpaired) electrons. The van der Waals surface area contributed by atoms with Crippen LogP contribution in [-0.2, 0) is 6.42 Å². The van der Waals surface area contributed by atoms with E-state index in [9.17, 15) is 4.79 Å². The number of rotatable bonds is 1. The maximum Gasteiger partial charge on any atom is 0.186 e. The van der Waals surface area contributed by atoms with Crippen molar-refractivity contribution in [3.05, 3.63) is 77.4 Å². The number of hydrogen-bond acceptors (Lipinski definition) is 1. The molecule has 3 rings (SSSR count). The summed E-state index contributed by atoms with van der Waals surface area (Å²) in [5.41, 5.74) is 4.29. The van der Waals surface area contributed by atoms with Crippen LogP contribution in [0.5, 0.6) is 0 Å². The molecule has 2 aromatic carbocycles. The summed E-state index contributed by atoms with van der Waals surface area (Å²) < 4.78 is 0. The summed E-state index contributed by atoms with van der Waals surface area (Å²) in [4.78, 5) is 12.2. The number of aryl methyl sites for hydroxylation is 1. The van der Waals surface area contributed by atoms with Gasteiger partial charge in [-0.3, -0.25) is 4.79 Å². The van der Waals surface area contributed by atoms with Gasteiger partial charge in [-0.25, -0.2) is 0 Å². The molecule has 18 heavy (non-hydrogen) atoms. The van der Waals surface area contributed by atoms with Crippen molar-refractivity contribution < 1.29 is 4.79 Å². The molecule has 0 atom stereocenters. The van der Waals surface area contributed by atoms with Crippen LogP contribution in [0.15, 0.2) is 60.7 Å². The molecule has 0 aliphatic heterocycles. The van der Waals surface area contributed by atoms with Crippen molar-refractivity contribution in [3.8, 4) is 0 Å². The van der Waals surface area contributed by atoms with Crippen LogP contribution in [0.3, 0.4) is 0 Å². The Bertz CT molecular complexity index is 609. The Hall–Kier alpha value is -2.15.